The molecule has 4 nitrogen and oxygen atoms in total. The number of amides is 2. The molecule has 2 N–H and O–H groups in total. The molecule has 2 amide bonds. The first-order chi connectivity index (χ1) is 10.6. The van der Waals surface area contributed by atoms with Gasteiger partial charge in [-0.2, -0.15) is 0 Å². The summed E-state index contributed by atoms with van der Waals surface area (Å²) in [7, 11) is 0. The maximum absolute atomic E-state index is 13.8. The van der Waals surface area contributed by atoms with Crippen LogP contribution in [0.5, 0.6) is 0 Å². The van der Waals surface area contributed by atoms with Gasteiger partial charge in [0.05, 0.1) is 6.04 Å². The molecule has 0 unspecified atom stereocenters. The average molecular weight is 326 g/mol. The van der Waals surface area contributed by atoms with E-state index >= 15 is 0 Å². The predicted molar refractivity (Wildman–Crippen MR) is 84.6 cm³/mol. The van der Waals surface area contributed by atoms with Crippen LogP contribution in [0.25, 0.3) is 0 Å². The zero-order chi connectivity index (χ0) is 17.6. The van der Waals surface area contributed by atoms with E-state index in [0.717, 1.165) is 18.2 Å². The van der Waals surface area contributed by atoms with E-state index in [-0.39, 0.29) is 30.3 Å². The second-order valence-electron chi connectivity index (χ2n) is 6.45. The first-order valence-corrected chi connectivity index (χ1v) is 7.67. The van der Waals surface area contributed by atoms with Crippen LogP contribution in [0.1, 0.15) is 52.1 Å². The maximum Gasteiger partial charge on any atom is 0.225 e. The zero-order valence-electron chi connectivity index (χ0n) is 14.0. The van der Waals surface area contributed by atoms with Crippen LogP contribution >= 0.6 is 0 Å². The molecular formula is C17H24F2N2O2. The third-order valence-corrected chi connectivity index (χ3v) is 3.40. The normalized spacial score (nSPS) is 12.6. The van der Waals surface area contributed by atoms with Crippen LogP contribution in [0.3, 0.4) is 0 Å². The summed E-state index contributed by atoms with van der Waals surface area (Å²) in [6.45, 7) is 7.31. The van der Waals surface area contributed by atoms with Crippen molar-refractivity contribution in [3.63, 3.8) is 0 Å². The first-order valence-electron chi connectivity index (χ1n) is 7.67. The molecule has 0 aliphatic carbocycles. The quantitative estimate of drug-likeness (QED) is 0.844. The van der Waals surface area contributed by atoms with Crippen molar-refractivity contribution in [1.82, 2.24) is 10.6 Å². The van der Waals surface area contributed by atoms with Gasteiger partial charge in [0.1, 0.15) is 11.6 Å². The minimum atomic E-state index is -0.600. The van der Waals surface area contributed by atoms with Gasteiger partial charge in [0.2, 0.25) is 11.8 Å². The van der Waals surface area contributed by atoms with Gasteiger partial charge in [0.25, 0.3) is 0 Å². The molecule has 0 bridgehead atoms. The van der Waals surface area contributed by atoms with Crippen molar-refractivity contribution >= 4 is 11.8 Å². The van der Waals surface area contributed by atoms with Crippen LogP contribution < -0.4 is 10.6 Å². The monoisotopic (exact) mass is 326 g/mol. The Bertz CT molecular complexity index is 568. The molecule has 0 saturated carbocycles. The number of carbonyl (C=O) groups is 2. The molecule has 6 heteroatoms. The highest BCUT2D eigenvalue weighted by atomic mass is 19.1. The zero-order valence-corrected chi connectivity index (χ0v) is 14.0. The van der Waals surface area contributed by atoms with Gasteiger partial charge >= 0.3 is 0 Å². The molecule has 0 aliphatic heterocycles. The Morgan fingerprint density at radius 1 is 1.22 bits per heavy atom. The van der Waals surface area contributed by atoms with Gasteiger partial charge < -0.3 is 10.6 Å². The van der Waals surface area contributed by atoms with Crippen molar-refractivity contribution in [1.29, 1.82) is 0 Å². The van der Waals surface area contributed by atoms with Gasteiger partial charge in [-0.15, -0.1) is 0 Å². The smallest absolute Gasteiger partial charge is 0.225 e. The van der Waals surface area contributed by atoms with Crippen LogP contribution in [0.2, 0.25) is 0 Å². The van der Waals surface area contributed by atoms with E-state index in [1.807, 2.05) is 0 Å². The molecule has 128 valence electrons. The van der Waals surface area contributed by atoms with E-state index in [0.29, 0.717) is 6.42 Å². The van der Waals surface area contributed by atoms with Crippen LogP contribution in [-0.2, 0) is 9.59 Å². The van der Waals surface area contributed by atoms with E-state index in [1.54, 1.807) is 27.7 Å². The highest BCUT2D eigenvalue weighted by Crippen LogP contribution is 2.21. The topological polar surface area (TPSA) is 58.2 Å². The molecule has 0 heterocycles. The summed E-state index contributed by atoms with van der Waals surface area (Å²) in [6.07, 6.45) is 0.510. The van der Waals surface area contributed by atoms with E-state index in [4.69, 9.17) is 0 Å². The Balaban J connectivity index is 2.58. The van der Waals surface area contributed by atoms with Crippen LogP contribution in [0, 0.1) is 17.0 Å². The maximum atomic E-state index is 13.8. The fourth-order valence-electron chi connectivity index (χ4n) is 2.00. The van der Waals surface area contributed by atoms with Gasteiger partial charge in [-0.1, -0.05) is 27.7 Å². The van der Waals surface area contributed by atoms with Gasteiger partial charge in [0.15, 0.2) is 0 Å². The predicted octanol–water partition coefficient (Wildman–Crippen LogP) is 3.08. The SMILES string of the molecule is CC[C@@H](NC(=O)CCNC(=O)C(C)(C)C)c1cc(F)ccc1F. The Kier molecular flexibility index (Phi) is 6.66. The van der Waals surface area contributed by atoms with Gasteiger partial charge in [-0.25, -0.2) is 8.78 Å². The number of benzene rings is 1. The summed E-state index contributed by atoms with van der Waals surface area (Å²) in [5, 5.41) is 5.34. The Hall–Kier alpha value is -1.98. The number of halogens is 2. The average Bonchev–Trinajstić information content (AvgIpc) is 2.46. The van der Waals surface area contributed by atoms with Crippen molar-refractivity contribution < 1.29 is 18.4 Å². The van der Waals surface area contributed by atoms with Crippen LogP contribution in [0.15, 0.2) is 18.2 Å². The summed E-state index contributed by atoms with van der Waals surface area (Å²) in [5.41, 5.74) is -0.396. The van der Waals surface area contributed by atoms with E-state index < -0.39 is 23.1 Å². The Morgan fingerprint density at radius 2 is 1.87 bits per heavy atom. The van der Waals surface area contributed by atoms with E-state index in [1.165, 1.54) is 0 Å². The molecule has 0 radical (unpaired) electrons. The molecule has 23 heavy (non-hydrogen) atoms. The number of hydrogen-bond acceptors (Lipinski definition) is 2. The van der Waals surface area contributed by atoms with Gasteiger partial charge in [-0.05, 0) is 24.6 Å². The number of nitrogens with one attached hydrogen (secondary N) is 2. The number of hydrogen-bond donors (Lipinski definition) is 2. The van der Waals surface area contributed by atoms with E-state index in [9.17, 15) is 18.4 Å². The van der Waals surface area contributed by atoms with Crippen molar-refractivity contribution in [2.24, 2.45) is 5.41 Å². The molecular weight excluding hydrogens is 302 g/mol. The molecule has 0 fully saturated rings. The molecule has 1 atom stereocenters. The fourth-order valence-corrected chi connectivity index (χ4v) is 2.00. The lowest BCUT2D eigenvalue weighted by Crippen LogP contribution is -2.38. The summed E-state index contributed by atoms with van der Waals surface area (Å²) in [6, 6.07) is 2.57. The fraction of sp³-hybridized carbons (Fsp3) is 0.529. The largest absolute Gasteiger partial charge is 0.355 e. The Morgan fingerprint density at radius 3 is 2.43 bits per heavy atom. The third-order valence-electron chi connectivity index (χ3n) is 3.40. The van der Waals surface area contributed by atoms with Crippen LogP contribution in [-0.4, -0.2) is 18.4 Å². The molecule has 0 saturated heterocycles. The number of carbonyl (C=O) groups excluding carboxylic acids is 2. The van der Waals surface area contributed by atoms with Crippen molar-refractivity contribution in [3.05, 3.63) is 35.4 Å². The summed E-state index contributed by atoms with van der Waals surface area (Å²) < 4.78 is 27.0. The van der Waals surface area contributed by atoms with Crippen molar-refractivity contribution in [2.45, 2.75) is 46.6 Å². The van der Waals surface area contributed by atoms with Crippen molar-refractivity contribution in [2.75, 3.05) is 6.54 Å². The number of rotatable bonds is 6. The van der Waals surface area contributed by atoms with Crippen LogP contribution in [0.4, 0.5) is 8.78 Å². The first kappa shape index (κ1) is 19.1. The minimum absolute atomic E-state index is 0.0786. The summed E-state index contributed by atoms with van der Waals surface area (Å²) in [4.78, 5) is 23.6. The molecule has 0 aliphatic rings. The molecule has 0 aromatic heterocycles. The lowest BCUT2D eigenvalue weighted by molar-refractivity contribution is -0.128. The lowest BCUT2D eigenvalue weighted by Gasteiger charge is -2.20. The van der Waals surface area contributed by atoms with Gasteiger partial charge in [0, 0.05) is 23.9 Å². The second-order valence-corrected chi connectivity index (χ2v) is 6.45. The second kappa shape index (κ2) is 8.04. The highest BCUT2D eigenvalue weighted by molar-refractivity contribution is 5.82. The Labute approximate surface area is 135 Å². The van der Waals surface area contributed by atoms with E-state index in [2.05, 4.69) is 10.6 Å². The lowest BCUT2D eigenvalue weighted by atomic mass is 9.96. The highest BCUT2D eigenvalue weighted by Gasteiger charge is 2.21. The van der Waals surface area contributed by atoms with Crippen molar-refractivity contribution in [3.8, 4) is 0 Å². The molecule has 1 rings (SSSR count). The standard InChI is InChI=1S/C17H24F2N2O2/c1-5-14(12-10-11(18)6-7-13(12)19)21-15(22)8-9-20-16(23)17(2,3)4/h6-7,10,14H,5,8-9H2,1-4H3,(H,20,23)(H,21,22)/t14-/m1/s1. The molecule has 1 aromatic rings. The summed E-state index contributed by atoms with van der Waals surface area (Å²) in [5.74, 6) is -1.57. The third kappa shape index (κ3) is 5.96. The molecule has 0 spiro atoms. The van der Waals surface area contributed by atoms with Gasteiger partial charge in [-0.3, -0.25) is 9.59 Å². The minimum Gasteiger partial charge on any atom is -0.355 e. The summed E-state index contributed by atoms with van der Waals surface area (Å²) >= 11 is 0. The molecule has 1 aromatic carbocycles.